The van der Waals surface area contributed by atoms with Crippen LogP contribution in [0.15, 0.2) is 36.7 Å². The van der Waals surface area contributed by atoms with Crippen LogP contribution in [-0.4, -0.2) is 17.1 Å². The Balaban J connectivity index is 2.43. The van der Waals surface area contributed by atoms with E-state index in [1.807, 2.05) is 6.07 Å². The third-order valence-corrected chi connectivity index (χ3v) is 4.30. The van der Waals surface area contributed by atoms with Crippen molar-refractivity contribution in [2.24, 2.45) is 0 Å². The highest BCUT2D eigenvalue weighted by Crippen LogP contribution is 2.36. The normalized spacial score (nSPS) is 10.3. The first-order valence-corrected chi connectivity index (χ1v) is 7.44. The molecule has 0 aliphatic rings. The maximum atomic E-state index is 11.5. The largest absolute Gasteiger partial charge is 0.495 e. The molecule has 8 heteroatoms. The molecule has 1 heterocycles. The van der Waals surface area contributed by atoms with Crippen molar-refractivity contribution in [3.63, 3.8) is 0 Å². The molecule has 2 aromatic rings. The standard InChI is InChI=1S/C11H8Br3N3O2/c1-19-8-3-7(5(12)2-6(8)13)17-10-9(14)11(18)16-4-15-10/h2-4H,1H3,(H2,15,16,17,18). The summed E-state index contributed by atoms with van der Waals surface area (Å²) in [5.41, 5.74) is 0.483. The summed E-state index contributed by atoms with van der Waals surface area (Å²) in [6, 6.07) is 3.64. The lowest BCUT2D eigenvalue weighted by Gasteiger charge is -2.11. The summed E-state index contributed by atoms with van der Waals surface area (Å²) >= 11 is 10.0. The van der Waals surface area contributed by atoms with Crippen LogP contribution in [0.1, 0.15) is 0 Å². The molecule has 0 atom stereocenters. The zero-order chi connectivity index (χ0) is 14.0. The van der Waals surface area contributed by atoms with Crippen molar-refractivity contribution >= 4 is 59.3 Å². The van der Waals surface area contributed by atoms with E-state index in [-0.39, 0.29) is 5.56 Å². The van der Waals surface area contributed by atoms with Crippen molar-refractivity contribution in [1.29, 1.82) is 0 Å². The number of aromatic nitrogens is 2. The lowest BCUT2D eigenvalue weighted by molar-refractivity contribution is 0.412. The molecule has 0 saturated carbocycles. The highest BCUT2D eigenvalue weighted by molar-refractivity contribution is 9.11. The van der Waals surface area contributed by atoms with Crippen molar-refractivity contribution in [1.82, 2.24) is 9.97 Å². The molecule has 1 aromatic carbocycles. The quantitative estimate of drug-likeness (QED) is 0.741. The topological polar surface area (TPSA) is 67.0 Å². The highest BCUT2D eigenvalue weighted by Gasteiger charge is 2.11. The minimum Gasteiger partial charge on any atom is -0.495 e. The Bertz CT molecular complexity index is 673. The summed E-state index contributed by atoms with van der Waals surface area (Å²) in [5, 5.41) is 3.06. The molecule has 0 unspecified atom stereocenters. The van der Waals surface area contributed by atoms with Gasteiger partial charge in [0.15, 0.2) is 5.82 Å². The molecule has 0 saturated heterocycles. The Hall–Kier alpha value is -0.860. The number of hydrogen-bond donors (Lipinski definition) is 2. The van der Waals surface area contributed by atoms with Crippen molar-refractivity contribution in [2.75, 3.05) is 12.4 Å². The predicted octanol–water partition coefficient (Wildman–Crippen LogP) is 3.81. The zero-order valence-corrected chi connectivity index (χ0v) is 14.4. The van der Waals surface area contributed by atoms with Crippen LogP contribution in [0.4, 0.5) is 11.5 Å². The van der Waals surface area contributed by atoms with Gasteiger partial charge in [-0.1, -0.05) is 0 Å². The minimum atomic E-state index is -0.252. The van der Waals surface area contributed by atoms with Crippen LogP contribution in [0.5, 0.6) is 5.75 Å². The number of rotatable bonds is 3. The van der Waals surface area contributed by atoms with E-state index < -0.39 is 0 Å². The third kappa shape index (κ3) is 3.18. The highest BCUT2D eigenvalue weighted by atomic mass is 79.9. The molecule has 0 amide bonds. The molecule has 5 nitrogen and oxygen atoms in total. The first-order valence-electron chi connectivity index (χ1n) is 5.06. The van der Waals surface area contributed by atoms with Crippen molar-refractivity contribution in [3.8, 4) is 5.75 Å². The van der Waals surface area contributed by atoms with Crippen LogP contribution >= 0.6 is 47.8 Å². The van der Waals surface area contributed by atoms with E-state index in [0.29, 0.717) is 16.0 Å². The summed E-state index contributed by atoms with van der Waals surface area (Å²) < 4.78 is 7.20. The minimum absolute atomic E-state index is 0.252. The number of ether oxygens (including phenoxy) is 1. The molecule has 0 fully saturated rings. The van der Waals surface area contributed by atoms with Gasteiger partial charge in [0.1, 0.15) is 10.2 Å². The average Bonchev–Trinajstić information content (AvgIpc) is 2.38. The Morgan fingerprint density at radius 3 is 2.68 bits per heavy atom. The fraction of sp³-hybridized carbons (Fsp3) is 0.0909. The molecule has 0 aliphatic carbocycles. The molecular weight excluding hydrogens is 446 g/mol. The number of nitrogens with one attached hydrogen (secondary N) is 2. The summed E-state index contributed by atoms with van der Waals surface area (Å²) in [5.74, 6) is 1.10. The van der Waals surface area contributed by atoms with E-state index >= 15 is 0 Å². The first-order chi connectivity index (χ1) is 9.02. The molecule has 1 aromatic heterocycles. The van der Waals surface area contributed by atoms with E-state index in [1.165, 1.54) is 6.33 Å². The Morgan fingerprint density at radius 2 is 2.00 bits per heavy atom. The van der Waals surface area contributed by atoms with Crippen LogP contribution in [0.2, 0.25) is 0 Å². The van der Waals surface area contributed by atoms with Crippen LogP contribution in [0, 0.1) is 0 Å². The average molecular weight is 454 g/mol. The van der Waals surface area contributed by atoms with E-state index in [1.54, 1.807) is 13.2 Å². The van der Waals surface area contributed by atoms with Gasteiger partial charge in [-0.25, -0.2) is 4.98 Å². The van der Waals surface area contributed by atoms with Gasteiger partial charge in [-0.05, 0) is 53.9 Å². The molecule has 0 bridgehead atoms. The zero-order valence-electron chi connectivity index (χ0n) is 9.63. The number of anilines is 2. The number of H-pyrrole nitrogens is 1. The van der Waals surface area contributed by atoms with Crippen LogP contribution in [-0.2, 0) is 0 Å². The van der Waals surface area contributed by atoms with Gasteiger partial charge < -0.3 is 15.0 Å². The second-order valence-corrected chi connectivity index (χ2v) is 5.99. The van der Waals surface area contributed by atoms with Gasteiger partial charge in [-0.3, -0.25) is 4.79 Å². The van der Waals surface area contributed by atoms with Gasteiger partial charge in [0.25, 0.3) is 5.56 Å². The summed E-state index contributed by atoms with van der Waals surface area (Å²) in [6.45, 7) is 0. The SMILES string of the molecule is COc1cc(Nc2nc[nH]c(=O)c2Br)c(Br)cc1Br. The lowest BCUT2D eigenvalue weighted by atomic mass is 10.3. The monoisotopic (exact) mass is 451 g/mol. The van der Waals surface area contributed by atoms with Gasteiger partial charge in [0.05, 0.1) is 23.6 Å². The van der Waals surface area contributed by atoms with Crippen LogP contribution in [0.3, 0.4) is 0 Å². The fourth-order valence-corrected chi connectivity index (χ4v) is 2.95. The van der Waals surface area contributed by atoms with Gasteiger partial charge in [0, 0.05) is 10.5 Å². The molecule has 100 valence electrons. The Kier molecular flexibility index (Phi) is 4.64. The summed E-state index contributed by atoms with van der Waals surface area (Å²) in [7, 11) is 1.58. The van der Waals surface area contributed by atoms with E-state index in [0.717, 1.165) is 14.6 Å². The second-order valence-electron chi connectivity index (χ2n) is 3.49. The van der Waals surface area contributed by atoms with Crippen molar-refractivity contribution < 1.29 is 4.74 Å². The third-order valence-electron chi connectivity index (χ3n) is 2.29. The van der Waals surface area contributed by atoms with Crippen molar-refractivity contribution in [3.05, 3.63) is 42.2 Å². The fourth-order valence-electron chi connectivity index (χ4n) is 1.38. The first kappa shape index (κ1) is 14.5. The molecule has 19 heavy (non-hydrogen) atoms. The molecule has 0 aliphatic heterocycles. The molecule has 2 N–H and O–H groups in total. The smallest absolute Gasteiger partial charge is 0.267 e. The number of hydrogen-bond acceptors (Lipinski definition) is 4. The van der Waals surface area contributed by atoms with Gasteiger partial charge >= 0.3 is 0 Å². The molecular formula is C11H8Br3N3O2. The van der Waals surface area contributed by atoms with Crippen LogP contribution in [0.25, 0.3) is 0 Å². The number of aromatic amines is 1. The maximum absolute atomic E-state index is 11.5. The summed E-state index contributed by atoms with van der Waals surface area (Å²) in [4.78, 5) is 18.0. The Morgan fingerprint density at radius 1 is 1.26 bits per heavy atom. The second kappa shape index (κ2) is 6.06. The van der Waals surface area contributed by atoms with Crippen molar-refractivity contribution in [2.45, 2.75) is 0 Å². The molecule has 0 radical (unpaired) electrons. The summed E-state index contributed by atoms with van der Waals surface area (Å²) in [6.07, 6.45) is 1.33. The Labute approximate surface area is 134 Å². The van der Waals surface area contributed by atoms with Crippen LogP contribution < -0.4 is 15.6 Å². The molecule has 2 rings (SSSR count). The number of benzene rings is 1. The van der Waals surface area contributed by atoms with Gasteiger partial charge in [0.2, 0.25) is 0 Å². The van der Waals surface area contributed by atoms with Gasteiger partial charge in [-0.15, -0.1) is 0 Å². The number of nitrogens with zero attached hydrogens (tertiary/aromatic N) is 1. The number of methoxy groups -OCH3 is 1. The van der Waals surface area contributed by atoms with E-state index in [2.05, 4.69) is 63.1 Å². The van der Waals surface area contributed by atoms with Gasteiger partial charge in [-0.2, -0.15) is 0 Å². The maximum Gasteiger partial charge on any atom is 0.267 e. The molecule has 0 spiro atoms. The number of halogens is 3. The van der Waals surface area contributed by atoms with E-state index in [9.17, 15) is 4.79 Å². The lowest BCUT2D eigenvalue weighted by Crippen LogP contribution is -2.10. The predicted molar refractivity (Wildman–Crippen MR) is 84.2 cm³/mol. The van der Waals surface area contributed by atoms with E-state index in [4.69, 9.17) is 4.74 Å².